The van der Waals surface area contributed by atoms with Crippen molar-refractivity contribution in [1.29, 1.82) is 5.26 Å². The lowest BCUT2D eigenvalue weighted by molar-refractivity contribution is -0.137. The third-order valence-electron chi connectivity index (χ3n) is 6.52. The molecular formula is C23H19F3N4O3S. The summed E-state index contributed by atoms with van der Waals surface area (Å²) in [6, 6.07) is 9.96. The predicted octanol–water partition coefficient (Wildman–Crippen LogP) is 3.80. The summed E-state index contributed by atoms with van der Waals surface area (Å²) in [6.07, 6.45) is -3.32. The molecule has 2 heterocycles. The number of benzene rings is 2. The first-order chi connectivity index (χ1) is 16.2. The molecule has 176 valence electrons. The van der Waals surface area contributed by atoms with Crippen LogP contribution in [0.5, 0.6) is 5.75 Å². The molecule has 1 spiro atoms. The molecule has 7 nitrogen and oxygen atoms in total. The Labute approximate surface area is 198 Å². The van der Waals surface area contributed by atoms with Crippen molar-refractivity contribution in [2.45, 2.75) is 37.1 Å². The van der Waals surface area contributed by atoms with Crippen LogP contribution in [0.15, 0.2) is 36.4 Å². The van der Waals surface area contributed by atoms with E-state index in [0.717, 1.165) is 23.5 Å². The Bertz CT molecular complexity index is 1240. The molecule has 1 aliphatic carbocycles. The lowest BCUT2D eigenvalue weighted by Crippen LogP contribution is -2.55. The van der Waals surface area contributed by atoms with Gasteiger partial charge in [0.15, 0.2) is 5.11 Å². The first-order valence-electron chi connectivity index (χ1n) is 10.6. The predicted molar refractivity (Wildman–Crippen MR) is 122 cm³/mol. The second-order valence-corrected chi connectivity index (χ2v) is 8.83. The Morgan fingerprint density at radius 3 is 2.59 bits per heavy atom. The van der Waals surface area contributed by atoms with Crippen molar-refractivity contribution in [1.82, 2.24) is 0 Å². The van der Waals surface area contributed by atoms with Crippen molar-refractivity contribution in [3.63, 3.8) is 0 Å². The van der Waals surface area contributed by atoms with Crippen LogP contribution in [0.25, 0.3) is 0 Å². The lowest BCUT2D eigenvalue weighted by Gasteiger charge is -2.43. The normalized spacial score (nSPS) is 21.0. The van der Waals surface area contributed by atoms with Crippen LogP contribution in [-0.2, 0) is 11.0 Å². The van der Waals surface area contributed by atoms with Gasteiger partial charge in [0.25, 0.3) is 5.91 Å². The molecule has 1 saturated carbocycles. The minimum absolute atomic E-state index is 0.0275. The van der Waals surface area contributed by atoms with Crippen LogP contribution in [0.1, 0.15) is 30.4 Å². The minimum Gasteiger partial charge on any atom is -0.484 e. The third-order valence-corrected chi connectivity index (χ3v) is 6.88. The summed E-state index contributed by atoms with van der Waals surface area (Å²) in [6.45, 7) is 0.264. The summed E-state index contributed by atoms with van der Waals surface area (Å²) in [7, 11) is 0. The topological polar surface area (TPSA) is 88.8 Å². The van der Waals surface area contributed by atoms with E-state index in [4.69, 9.17) is 22.2 Å². The monoisotopic (exact) mass is 488 g/mol. The van der Waals surface area contributed by atoms with Crippen molar-refractivity contribution in [2.24, 2.45) is 0 Å². The molecule has 3 aliphatic rings. The second-order valence-electron chi connectivity index (χ2n) is 8.47. The van der Waals surface area contributed by atoms with E-state index in [1.807, 2.05) is 0 Å². The van der Waals surface area contributed by atoms with E-state index in [1.165, 1.54) is 6.07 Å². The zero-order valence-corrected chi connectivity index (χ0v) is 18.5. The van der Waals surface area contributed by atoms with Crippen molar-refractivity contribution in [2.75, 3.05) is 28.3 Å². The molecule has 2 aromatic rings. The van der Waals surface area contributed by atoms with E-state index >= 15 is 0 Å². The standard InChI is InChI=1S/C23H19F3N4O3S/c24-23(25,26)17-8-14(3-2-13(17)10-27)29-20(32)22(6-1-7-22)30(21(29)34)15-4-5-19-18(9-15)28-11-16(12-31)33-19/h2-5,8-9,16,28,31H,1,6-7,11-12H2/t16-/m1/s1. The summed E-state index contributed by atoms with van der Waals surface area (Å²) in [4.78, 5) is 16.4. The number of carbonyl (C=O) groups is 1. The maximum absolute atomic E-state index is 13.6. The molecule has 34 heavy (non-hydrogen) atoms. The molecule has 0 bridgehead atoms. The summed E-state index contributed by atoms with van der Waals surface area (Å²) >= 11 is 5.64. The quantitative estimate of drug-likeness (QED) is 0.636. The number of aliphatic hydroxyl groups is 1. The van der Waals surface area contributed by atoms with Crippen molar-refractivity contribution >= 4 is 40.3 Å². The largest absolute Gasteiger partial charge is 0.484 e. The molecule has 0 aromatic heterocycles. The Hall–Kier alpha value is -3.36. The third kappa shape index (κ3) is 3.28. The van der Waals surface area contributed by atoms with Crippen LogP contribution < -0.4 is 19.9 Å². The van der Waals surface area contributed by atoms with Gasteiger partial charge in [-0.25, -0.2) is 0 Å². The van der Waals surface area contributed by atoms with Gasteiger partial charge in [-0.3, -0.25) is 9.69 Å². The fourth-order valence-electron chi connectivity index (χ4n) is 4.66. The summed E-state index contributed by atoms with van der Waals surface area (Å²) in [5.74, 6) is 0.163. The minimum atomic E-state index is -4.75. The first kappa shape index (κ1) is 22.4. The number of hydrogen-bond acceptors (Lipinski definition) is 6. The van der Waals surface area contributed by atoms with Crippen molar-refractivity contribution in [3.8, 4) is 11.8 Å². The maximum Gasteiger partial charge on any atom is 0.417 e. The van der Waals surface area contributed by atoms with Crippen molar-refractivity contribution < 1.29 is 27.8 Å². The van der Waals surface area contributed by atoms with Crippen LogP contribution >= 0.6 is 12.2 Å². The smallest absolute Gasteiger partial charge is 0.417 e. The zero-order valence-electron chi connectivity index (χ0n) is 17.7. The average molecular weight is 488 g/mol. The fourth-order valence-corrected chi connectivity index (χ4v) is 5.12. The number of nitrogens with one attached hydrogen (secondary N) is 1. The maximum atomic E-state index is 13.6. The number of alkyl halides is 3. The zero-order chi connectivity index (χ0) is 24.3. The SMILES string of the molecule is N#Cc1ccc(N2C(=O)C3(CCC3)N(c3ccc4c(c3)NC[C@H](CO)O4)C2=S)cc1C(F)(F)F. The Morgan fingerprint density at radius 2 is 1.97 bits per heavy atom. The van der Waals surface area contributed by atoms with Gasteiger partial charge in [0.05, 0.1) is 41.7 Å². The number of amides is 1. The van der Waals surface area contributed by atoms with E-state index in [2.05, 4.69) is 5.32 Å². The highest BCUT2D eigenvalue weighted by atomic mass is 32.1. The molecule has 2 N–H and O–H groups in total. The molecule has 1 saturated heterocycles. The molecule has 0 radical (unpaired) electrons. The number of ether oxygens (including phenoxy) is 1. The highest BCUT2D eigenvalue weighted by Crippen LogP contribution is 2.49. The van der Waals surface area contributed by atoms with Crippen LogP contribution in [0.4, 0.5) is 30.2 Å². The van der Waals surface area contributed by atoms with Gasteiger partial charge >= 0.3 is 6.18 Å². The molecule has 0 unspecified atom stereocenters. The number of carbonyl (C=O) groups excluding carboxylic acids is 1. The molecule has 2 aliphatic heterocycles. The number of hydrogen-bond donors (Lipinski definition) is 2. The van der Waals surface area contributed by atoms with Gasteiger partial charge in [-0.1, -0.05) is 0 Å². The van der Waals surface area contributed by atoms with Crippen LogP contribution in [0, 0.1) is 11.3 Å². The van der Waals surface area contributed by atoms with Gasteiger partial charge in [-0.15, -0.1) is 0 Å². The molecule has 5 rings (SSSR count). The summed E-state index contributed by atoms with van der Waals surface area (Å²) < 4.78 is 46.4. The van der Waals surface area contributed by atoms with Gasteiger partial charge < -0.3 is 20.1 Å². The lowest BCUT2D eigenvalue weighted by atomic mass is 9.75. The van der Waals surface area contributed by atoms with E-state index in [1.54, 1.807) is 29.2 Å². The number of nitrogens with zero attached hydrogens (tertiary/aromatic N) is 3. The van der Waals surface area contributed by atoms with Crippen LogP contribution in [-0.4, -0.2) is 40.9 Å². The van der Waals surface area contributed by atoms with Gasteiger partial charge in [0, 0.05) is 5.69 Å². The number of thiocarbonyl (C=S) groups is 1. The first-order valence-corrected chi connectivity index (χ1v) is 11.1. The van der Waals surface area contributed by atoms with Gasteiger partial charge in [0.2, 0.25) is 0 Å². The molecule has 1 amide bonds. The highest BCUT2D eigenvalue weighted by Gasteiger charge is 2.59. The van der Waals surface area contributed by atoms with E-state index < -0.39 is 22.8 Å². The number of rotatable bonds is 3. The summed E-state index contributed by atoms with van der Waals surface area (Å²) in [5, 5.41) is 21.7. The molecule has 2 fully saturated rings. The van der Waals surface area contributed by atoms with Crippen molar-refractivity contribution in [3.05, 3.63) is 47.5 Å². The van der Waals surface area contributed by atoms with Crippen LogP contribution in [0.3, 0.4) is 0 Å². The van der Waals surface area contributed by atoms with E-state index in [9.17, 15) is 23.1 Å². The fraction of sp³-hybridized carbons (Fsp3) is 0.348. The van der Waals surface area contributed by atoms with Gasteiger partial charge in [-0.05, 0) is 67.9 Å². The van der Waals surface area contributed by atoms with Gasteiger partial charge in [-0.2, -0.15) is 18.4 Å². The van der Waals surface area contributed by atoms with E-state index in [-0.39, 0.29) is 29.4 Å². The number of fused-ring (bicyclic) bond motifs is 1. The van der Waals surface area contributed by atoms with Crippen LogP contribution in [0.2, 0.25) is 0 Å². The second kappa shape index (κ2) is 7.85. The molecular weight excluding hydrogens is 469 g/mol. The van der Waals surface area contributed by atoms with E-state index in [0.29, 0.717) is 36.5 Å². The molecule has 2 aromatic carbocycles. The average Bonchev–Trinajstić information content (AvgIpc) is 3.04. The highest BCUT2D eigenvalue weighted by molar-refractivity contribution is 7.81. The number of aliphatic hydroxyl groups excluding tert-OH is 1. The Kier molecular flexibility index (Phi) is 5.18. The Balaban J connectivity index is 1.55. The number of nitriles is 1. The Morgan fingerprint density at radius 1 is 1.24 bits per heavy atom. The summed E-state index contributed by atoms with van der Waals surface area (Å²) in [5.41, 5.74) is -1.35. The number of halogens is 3. The van der Waals surface area contributed by atoms with Gasteiger partial charge in [0.1, 0.15) is 17.4 Å². The number of anilines is 3. The molecule has 1 atom stereocenters. The molecule has 11 heteroatoms.